The lowest BCUT2D eigenvalue weighted by Gasteiger charge is -2.16. The summed E-state index contributed by atoms with van der Waals surface area (Å²) in [6.45, 7) is 6.01. The summed E-state index contributed by atoms with van der Waals surface area (Å²) in [6.07, 6.45) is -0.325. The van der Waals surface area contributed by atoms with Crippen molar-refractivity contribution >= 4 is 29.2 Å². The highest BCUT2D eigenvalue weighted by atomic mass is 16.5. The molecule has 0 saturated heterocycles. The van der Waals surface area contributed by atoms with Gasteiger partial charge in [-0.3, -0.25) is 9.59 Å². The van der Waals surface area contributed by atoms with Crippen molar-refractivity contribution in [3.05, 3.63) is 59.2 Å². The number of esters is 1. The number of nitrogens with one attached hydrogen (secondary N) is 2. The lowest BCUT2D eigenvalue weighted by molar-refractivity contribution is -0.123. The highest BCUT2D eigenvalue weighted by molar-refractivity contribution is 6.08. The Balaban J connectivity index is 2.03. The average molecular weight is 368 g/mol. The molecule has 6 nitrogen and oxygen atoms in total. The van der Waals surface area contributed by atoms with Gasteiger partial charge in [-0.15, -0.1) is 0 Å². The molecular formula is C21H24N2O4. The molecule has 0 aromatic heterocycles. The van der Waals surface area contributed by atoms with E-state index >= 15 is 0 Å². The lowest BCUT2D eigenvalue weighted by atomic mass is 9.98. The largest absolute Gasteiger partial charge is 0.465 e. The number of carbonyl (C=O) groups excluding carboxylic acids is 3. The maximum absolute atomic E-state index is 12.3. The summed E-state index contributed by atoms with van der Waals surface area (Å²) in [5.74, 6) is -1.11. The molecule has 6 heteroatoms. The van der Waals surface area contributed by atoms with Crippen LogP contribution < -0.4 is 10.6 Å². The first-order valence-electron chi connectivity index (χ1n) is 8.69. The molecular weight excluding hydrogens is 344 g/mol. The Bertz CT molecular complexity index is 859. The molecule has 0 aliphatic rings. The molecule has 0 heterocycles. The van der Waals surface area contributed by atoms with Crippen LogP contribution in [0.5, 0.6) is 0 Å². The van der Waals surface area contributed by atoms with Gasteiger partial charge in [0.15, 0.2) is 0 Å². The van der Waals surface area contributed by atoms with Crippen molar-refractivity contribution in [3.8, 4) is 0 Å². The van der Waals surface area contributed by atoms with Crippen LogP contribution >= 0.6 is 0 Å². The van der Waals surface area contributed by atoms with E-state index in [-0.39, 0.29) is 12.3 Å². The van der Waals surface area contributed by atoms with Gasteiger partial charge in [0, 0.05) is 11.4 Å². The van der Waals surface area contributed by atoms with Crippen LogP contribution in [0.1, 0.15) is 47.7 Å². The van der Waals surface area contributed by atoms with E-state index in [0.717, 1.165) is 16.8 Å². The van der Waals surface area contributed by atoms with Crippen molar-refractivity contribution in [2.45, 2.75) is 33.1 Å². The second-order valence-corrected chi connectivity index (χ2v) is 6.54. The predicted octanol–water partition coefficient (Wildman–Crippen LogP) is 3.87. The maximum Gasteiger partial charge on any atom is 0.337 e. The zero-order chi connectivity index (χ0) is 20.0. The number of benzene rings is 2. The van der Waals surface area contributed by atoms with E-state index in [1.807, 2.05) is 39.0 Å². The van der Waals surface area contributed by atoms with E-state index in [2.05, 4.69) is 15.4 Å². The van der Waals surface area contributed by atoms with Gasteiger partial charge in [0.2, 0.25) is 11.8 Å². The number of methoxy groups -OCH3 is 1. The number of hydrogen-bond donors (Lipinski definition) is 2. The first-order valence-corrected chi connectivity index (χ1v) is 8.69. The fraction of sp³-hybridized carbons (Fsp3) is 0.286. The molecule has 2 aromatic rings. The van der Waals surface area contributed by atoms with Crippen molar-refractivity contribution in [3.63, 3.8) is 0 Å². The highest BCUT2D eigenvalue weighted by Crippen LogP contribution is 2.27. The Labute approximate surface area is 158 Å². The van der Waals surface area contributed by atoms with Crippen LogP contribution in [0.25, 0.3) is 0 Å². The van der Waals surface area contributed by atoms with E-state index in [0.29, 0.717) is 11.3 Å². The third-order valence-corrected chi connectivity index (χ3v) is 4.08. The van der Waals surface area contributed by atoms with Crippen LogP contribution in [0.15, 0.2) is 42.5 Å². The molecule has 0 saturated carbocycles. The summed E-state index contributed by atoms with van der Waals surface area (Å²) in [5, 5.41) is 5.46. The van der Waals surface area contributed by atoms with Crippen LogP contribution in [0.3, 0.4) is 0 Å². The molecule has 2 N–H and O–H groups in total. The number of hydrogen-bond acceptors (Lipinski definition) is 4. The van der Waals surface area contributed by atoms with Gasteiger partial charge in [-0.2, -0.15) is 0 Å². The third-order valence-electron chi connectivity index (χ3n) is 4.08. The average Bonchev–Trinajstić information content (AvgIpc) is 2.62. The number of amides is 2. The summed E-state index contributed by atoms with van der Waals surface area (Å²) in [5.41, 5.74) is 3.46. The summed E-state index contributed by atoms with van der Waals surface area (Å²) < 4.78 is 4.65. The molecule has 0 unspecified atom stereocenters. The van der Waals surface area contributed by atoms with Crippen molar-refractivity contribution in [2.75, 3.05) is 17.7 Å². The minimum atomic E-state index is -0.496. The molecule has 2 amide bonds. The minimum absolute atomic E-state index is 0.245. The lowest BCUT2D eigenvalue weighted by Crippen LogP contribution is -2.22. The number of carbonyl (C=O) groups is 3. The standard InChI is InChI=1S/C21H24N2O4/c1-13(2)17-10-5-7-14(3)20(17)23-19(25)12-18(24)22-16-9-6-8-15(11-16)21(26)27-4/h5-11,13H,12H2,1-4H3,(H,22,24)(H,23,25). The van der Waals surface area contributed by atoms with Gasteiger partial charge in [0.05, 0.1) is 12.7 Å². The number of rotatable bonds is 6. The minimum Gasteiger partial charge on any atom is -0.465 e. The first kappa shape index (κ1) is 20.2. The van der Waals surface area contributed by atoms with Crippen LogP contribution in [0, 0.1) is 6.92 Å². The van der Waals surface area contributed by atoms with Crippen molar-refractivity contribution in [1.82, 2.24) is 0 Å². The van der Waals surface area contributed by atoms with Gasteiger partial charge < -0.3 is 15.4 Å². The molecule has 0 atom stereocenters. The van der Waals surface area contributed by atoms with E-state index in [1.165, 1.54) is 13.2 Å². The highest BCUT2D eigenvalue weighted by Gasteiger charge is 2.15. The normalized spacial score (nSPS) is 10.4. The van der Waals surface area contributed by atoms with Gasteiger partial charge in [0.25, 0.3) is 0 Å². The Morgan fingerprint density at radius 1 is 1.00 bits per heavy atom. The molecule has 0 radical (unpaired) electrons. The summed E-state index contributed by atoms with van der Waals surface area (Å²) in [6, 6.07) is 12.2. The zero-order valence-electron chi connectivity index (χ0n) is 16.0. The number of para-hydroxylation sites is 1. The van der Waals surface area contributed by atoms with Gasteiger partial charge in [0.1, 0.15) is 6.42 Å². The van der Waals surface area contributed by atoms with Gasteiger partial charge in [-0.25, -0.2) is 4.79 Å². The van der Waals surface area contributed by atoms with Crippen LogP contribution in [-0.4, -0.2) is 24.9 Å². The van der Waals surface area contributed by atoms with Gasteiger partial charge >= 0.3 is 5.97 Å². The monoisotopic (exact) mass is 368 g/mol. The van der Waals surface area contributed by atoms with Crippen LogP contribution in [0.4, 0.5) is 11.4 Å². The maximum atomic E-state index is 12.3. The molecule has 0 aliphatic heterocycles. The van der Waals surface area contributed by atoms with Crippen molar-refractivity contribution < 1.29 is 19.1 Å². The second-order valence-electron chi connectivity index (χ2n) is 6.54. The van der Waals surface area contributed by atoms with Gasteiger partial charge in [-0.05, 0) is 42.2 Å². The number of anilines is 2. The Morgan fingerprint density at radius 3 is 2.33 bits per heavy atom. The Morgan fingerprint density at radius 2 is 1.67 bits per heavy atom. The predicted molar refractivity (Wildman–Crippen MR) is 105 cm³/mol. The third kappa shape index (κ3) is 5.41. The van der Waals surface area contributed by atoms with Crippen molar-refractivity contribution in [1.29, 1.82) is 0 Å². The Kier molecular flexibility index (Phi) is 6.71. The fourth-order valence-corrected chi connectivity index (χ4v) is 2.72. The SMILES string of the molecule is COC(=O)c1cccc(NC(=O)CC(=O)Nc2c(C)cccc2C(C)C)c1. The summed E-state index contributed by atoms with van der Waals surface area (Å²) in [4.78, 5) is 36.0. The number of ether oxygens (including phenoxy) is 1. The molecule has 0 spiro atoms. The summed E-state index contributed by atoms with van der Waals surface area (Å²) >= 11 is 0. The first-order chi connectivity index (χ1) is 12.8. The molecule has 27 heavy (non-hydrogen) atoms. The molecule has 2 rings (SSSR count). The number of aryl methyl sites for hydroxylation is 1. The second kappa shape index (κ2) is 8.98. The topological polar surface area (TPSA) is 84.5 Å². The van der Waals surface area contributed by atoms with E-state index < -0.39 is 17.8 Å². The molecule has 0 fully saturated rings. The van der Waals surface area contributed by atoms with E-state index in [1.54, 1.807) is 18.2 Å². The zero-order valence-corrected chi connectivity index (χ0v) is 16.0. The van der Waals surface area contributed by atoms with Crippen LogP contribution in [0.2, 0.25) is 0 Å². The van der Waals surface area contributed by atoms with Gasteiger partial charge in [-0.1, -0.05) is 38.1 Å². The summed E-state index contributed by atoms with van der Waals surface area (Å²) in [7, 11) is 1.29. The quantitative estimate of drug-likeness (QED) is 0.599. The molecule has 0 aliphatic carbocycles. The smallest absolute Gasteiger partial charge is 0.337 e. The van der Waals surface area contributed by atoms with Crippen molar-refractivity contribution in [2.24, 2.45) is 0 Å². The fourth-order valence-electron chi connectivity index (χ4n) is 2.72. The molecule has 142 valence electrons. The Hall–Kier alpha value is -3.15. The van der Waals surface area contributed by atoms with Crippen LogP contribution in [-0.2, 0) is 14.3 Å². The van der Waals surface area contributed by atoms with E-state index in [4.69, 9.17) is 0 Å². The van der Waals surface area contributed by atoms with E-state index in [9.17, 15) is 14.4 Å². The molecule has 0 bridgehead atoms. The molecule has 2 aromatic carbocycles.